The lowest BCUT2D eigenvalue weighted by atomic mass is 10.3. The van der Waals surface area contributed by atoms with Crippen LogP contribution in [0, 0.1) is 0 Å². The quantitative estimate of drug-likeness (QED) is 0.534. The Labute approximate surface area is 82.5 Å². The van der Waals surface area contributed by atoms with Crippen LogP contribution in [0.3, 0.4) is 0 Å². The van der Waals surface area contributed by atoms with Gasteiger partial charge in [-0.15, -0.1) is 0 Å². The molecule has 1 aromatic rings. The zero-order valence-electron chi connectivity index (χ0n) is 8.06. The third kappa shape index (κ3) is 3.95. The molecule has 76 valence electrons. The number of hydrogen-bond acceptors (Lipinski definition) is 5. The summed E-state index contributed by atoms with van der Waals surface area (Å²) in [5.74, 6) is -0.211. The van der Waals surface area contributed by atoms with E-state index in [1.165, 1.54) is 7.11 Å². The van der Waals surface area contributed by atoms with Crippen molar-refractivity contribution in [3.05, 3.63) is 24.0 Å². The molecule has 0 bridgehead atoms. The highest BCUT2D eigenvalue weighted by atomic mass is 16.5. The van der Waals surface area contributed by atoms with Gasteiger partial charge in [-0.25, -0.2) is 0 Å². The van der Waals surface area contributed by atoms with E-state index in [1.807, 2.05) is 12.1 Å². The minimum Gasteiger partial charge on any atom is -0.469 e. The molecule has 0 aliphatic rings. The average molecular weight is 195 g/mol. The van der Waals surface area contributed by atoms with Gasteiger partial charge in [0.05, 0.1) is 19.2 Å². The first-order valence-corrected chi connectivity index (χ1v) is 4.37. The maximum Gasteiger partial charge on any atom is 0.306 e. The molecule has 1 aromatic heterocycles. The van der Waals surface area contributed by atoms with E-state index in [4.69, 9.17) is 0 Å². The van der Waals surface area contributed by atoms with E-state index in [1.54, 1.807) is 6.20 Å². The van der Waals surface area contributed by atoms with Crippen LogP contribution in [0.15, 0.2) is 18.3 Å². The smallest absolute Gasteiger partial charge is 0.306 e. The summed E-state index contributed by atoms with van der Waals surface area (Å²) in [4.78, 5) is 10.7. The Hall–Kier alpha value is -1.49. The molecule has 1 N–H and O–H groups in total. The fourth-order valence-electron chi connectivity index (χ4n) is 0.937. The molecule has 0 saturated heterocycles. The number of rotatable bonds is 5. The monoisotopic (exact) mass is 195 g/mol. The second kappa shape index (κ2) is 6.04. The highest BCUT2D eigenvalue weighted by molar-refractivity contribution is 5.69. The summed E-state index contributed by atoms with van der Waals surface area (Å²) in [5.41, 5.74) is 0.859. The molecule has 0 amide bonds. The summed E-state index contributed by atoms with van der Waals surface area (Å²) in [6.07, 6.45) is 1.99. The summed E-state index contributed by atoms with van der Waals surface area (Å²) in [6, 6.07) is 3.70. The van der Waals surface area contributed by atoms with E-state index < -0.39 is 0 Å². The third-order valence-corrected chi connectivity index (χ3v) is 1.67. The number of esters is 1. The Kier molecular flexibility index (Phi) is 4.57. The Morgan fingerprint density at radius 3 is 3.14 bits per heavy atom. The van der Waals surface area contributed by atoms with Gasteiger partial charge in [0.15, 0.2) is 0 Å². The molecule has 14 heavy (non-hydrogen) atoms. The molecule has 0 unspecified atom stereocenters. The highest BCUT2D eigenvalue weighted by Crippen LogP contribution is 1.90. The van der Waals surface area contributed by atoms with Gasteiger partial charge in [-0.05, 0) is 12.1 Å². The molecule has 0 radical (unpaired) electrons. The number of carbonyl (C=O) groups is 1. The van der Waals surface area contributed by atoms with Crippen molar-refractivity contribution in [2.24, 2.45) is 0 Å². The summed E-state index contributed by atoms with van der Waals surface area (Å²) < 4.78 is 4.50. The van der Waals surface area contributed by atoms with Crippen LogP contribution in [-0.4, -0.2) is 29.8 Å². The number of nitrogens with zero attached hydrogens (tertiary/aromatic N) is 2. The standard InChI is InChI=1S/C9H13N3O2/c1-14-9(13)4-6-10-7-8-3-2-5-11-12-8/h2-3,5,10H,4,6-7H2,1H3. The van der Waals surface area contributed by atoms with Crippen molar-refractivity contribution >= 4 is 5.97 Å². The second-order valence-corrected chi connectivity index (χ2v) is 2.72. The summed E-state index contributed by atoms with van der Waals surface area (Å²) in [7, 11) is 1.38. The molecule has 0 aromatic carbocycles. The molecular weight excluding hydrogens is 182 g/mol. The van der Waals surface area contributed by atoms with E-state index in [0.717, 1.165) is 5.69 Å². The topological polar surface area (TPSA) is 64.1 Å². The molecule has 1 rings (SSSR count). The minimum atomic E-state index is -0.211. The van der Waals surface area contributed by atoms with Crippen LogP contribution in [-0.2, 0) is 16.1 Å². The van der Waals surface area contributed by atoms with Crippen molar-refractivity contribution in [2.45, 2.75) is 13.0 Å². The molecule has 0 saturated carbocycles. The van der Waals surface area contributed by atoms with E-state index in [-0.39, 0.29) is 5.97 Å². The van der Waals surface area contributed by atoms with E-state index in [9.17, 15) is 4.79 Å². The third-order valence-electron chi connectivity index (χ3n) is 1.67. The normalized spacial score (nSPS) is 9.79. The molecule has 0 fully saturated rings. The number of aromatic nitrogens is 2. The predicted molar refractivity (Wildman–Crippen MR) is 50.4 cm³/mol. The molecule has 0 aliphatic heterocycles. The summed E-state index contributed by atoms with van der Waals surface area (Å²) >= 11 is 0. The summed E-state index contributed by atoms with van der Waals surface area (Å²) in [6.45, 7) is 1.20. The van der Waals surface area contributed by atoms with Crippen molar-refractivity contribution in [1.82, 2.24) is 15.5 Å². The van der Waals surface area contributed by atoms with Gasteiger partial charge in [0.25, 0.3) is 0 Å². The Bertz CT molecular complexity index is 277. The van der Waals surface area contributed by atoms with Crippen molar-refractivity contribution in [1.29, 1.82) is 0 Å². The van der Waals surface area contributed by atoms with Gasteiger partial charge < -0.3 is 10.1 Å². The maximum absolute atomic E-state index is 10.7. The van der Waals surface area contributed by atoms with Gasteiger partial charge in [-0.1, -0.05) is 0 Å². The lowest BCUT2D eigenvalue weighted by Crippen LogP contribution is -2.19. The molecule has 5 heteroatoms. The number of methoxy groups -OCH3 is 1. The predicted octanol–water partition coefficient (Wildman–Crippen LogP) is 0.129. The van der Waals surface area contributed by atoms with Crippen molar-refractivity contribution in [3.8, 4) is 0 Å². The molecule has 1 heterocycles. The Morgan fingerprint density at radius 1 is 1.64 bits per heavy atom. The van der Waals surface area contributed by atoms with E-state index in [2.05, 4.69) is 20.3 Å². The molecule has 0 spiro atoms. The summed E-state index contributed by atoms with van der Waals surface area (Å²) in [5, 5.41) is 10.7. The van der Waals surface area contributed by atoms with Crippen molar-refractivity contribution in [2.75, 3.05) is 13.7 Å². The largest absolute Gasteiger partial charge is 0.469 e. The second-order valence-electron chi connectivity index (χ2n) is 2.72. The van der Waals surface area contributed by atoms with Crippen molar-refractivity contribution in [3.63, 3.8) is 0 Å². The molecule has 0 atom stereocenters. The zero-order valence-corrected chi connectivity index (χ0v) is 8.06. The van der Waals surface area contributed by atoms with Crippen molar-refractivity contribution < 1.29 is 9.53 Å². The average Bonchev–Trinajstić information content (AvgIpc) is 2.25. The number of nitrogens with one attached hydrogen (secondary N) is 1. The van der Waals surface area contributed by atoms with Gasteiger partial charge in [-0.3, -0.25) is 4.79 Å². The lowest BCUT2D eigenvalue weighted by molar-refractivity contribution is -0.140. The zero-order chi connectivity index (χ0) is 10.2. The van der Waals surface area contributed by atoms with Gasteiger partial charge in [0.1, 0.15) is 0 Å². The van der Waals surface area contributed by atoms with Crippen LogP contribution in [0.1, 0.15) is 12.1 Å². The fourth-order valence-corrected chi connectivity index (χ4v) is 0.937. The van der Waals surface area contributed by atoms with Crippen LogP contribution in [0.5, 0.6) is 0 Å². The Balaban J connectivity index is 2.13. The molecular formula is C9H13N3O2. The van der Waals surface area contributed by atoms with Gasteiger partial charge in [0.2, 0.25) is 0 Å². The van der Waals surface area contributed by atoms with E-state index >= 15 is 0 Å². The maximum atomic E-state index is 10.7. The van der Waals surface area contributed by atoms with Gasteiger partial charge in [0, 0.05) is 19.3 Å². The van der Waals surface area contributed by atoms with Crippen LogP contribution < -0.4 is 5.32 Å². The molecule has 0 aliphatic carbocycles. The van der Waals surface area contributed by atoms with Gasteiger partial charge in [-0.2, -0.15) is 10.2 Å². The van der Waals surface area contributed by atoms with Crippen LogP contribution in [0.4, 0.5) is 0 Å². The first-order chi connectivity index (χ1) is 6.83. The number of carbonyl (C=O) groups excluding carboxylic acids is 1. The highest BCUT2D eigenvalue weighted by Gasteiger charge is 1.98. The van der Waals surface area contributed by atoms with Crippen LogP contribution in [0.25, 0.3) is 0 Å². The van der Waals surface area contributed by atoms with Crippen LogP contribution in [0.2, 0.25) is 0 Å². The van der Waals surface area contributed by atoms with Gasteiger partial charge >= 0.3 is 5.97 Å². The number of hydrogen-bond donors (Lipinski definition) is 1. The number of ether oxygens (including phenoxy) is 1. The van der Waals surface area contributed by atoms with E-state index in [0.29, 0.717) is 19.5 Å². The first kappa shape index (κ1) is 10.6. The SMILES string of the molecule is COC(=O)CCNCc1cccnn1. The Morgan fingerprint density at radius 2 is 2.50 bits per heavy atom. The lowest BCUT2D eigenvalue weighted by Gasteiger charge is -2.02. The molecule has 5 nitrogen and oxygen atoms in total. The van der Waals surface area contributed by atoms with Crippen LogP contribution >= 0.6 is 0 Å². The first-order valence-electron chi connectivity index (χ1n) is 4.37. The fraction of sp³-hybridized carbons (Fsp3) is 0.444. The minimum absolute atomic E-state index is 0.211.